The summed E-state index contributed by atoms with van der Waals surface area (Å²) in [6.45, 7) is 3.55. The molecule has 0 radical (unpaired) electrons. The molecule has 1 rings (SSSR count). The largest absolute Gasteiger partial charge is 0.480 e. The highest BCUT2D eigenvalue weighted by atomic mass is 16.4. The van der Waals surface area contributed by atoms with Crippen LogP contribution < -0.4 is 22.1 Å². The van der Waals surface area contributed by atoms with Crippen LogP contribution in [0.2, 0.25) is 0 Å². The van der Waals surface area contributed by atoms with Crippen molar-refractivity contribution < 1.29 is 24.3 Å². The van der Waals surface area contributed by atoms with E-state index in [2.05, 4.69) is 10.6 Å². The quantitative estimate of drug-likeness (QED) is 0.326. The number of amides is 3. The Hall–Kier alpha value is -2.94. The maximum atomic E-state index is 12.8. The number of benzene rings is 1. The number of nitrogens with one attached hydrogen (secondary N) is 2. The molecular weight excluding hydrogens is 376 g/mol. The van der Waals surface area contributed by atoms with Gasteiger partial charge in [-0.25, -0.2) is 4.79 Å². The van der Waals surface area contributed by atoms with Crippen LogP contribution in [-0.4, -0.2) is 46.9 Å². The van der Waals surface area contributed by atoms with Crippen molar-refractivity contribution in [3.8, 4) is 0 Å². The van der Waals surface area contributed by atoms with E-state index in [9.17, 15) is 24.3 Å². The molecule has 1 aromatic rings. The average molecular weight is 406 g/mol. The van der Waals surface area contributed by atoms with Crippen molar-refractivity contribution in [3.63, 3.8) is 0 Å². The molecule has 29 heavy (non-hydrogen) atoms. The summed E-state index contributed by atoms with van der Waals surface area (Å²) in [6, 6.07) is 5.89. The van der Waals surface area contributed by atoms with Crippen LogP contribution in [0.3, 0.4) is 0 Å². The first-order chi connectivity index (χ1) is 13.6. The first kappa shape index (κ1) is 24.1. The second kappa shape index (κ2) is 11.8. The average Bonchev–Trinajstić information content (AvgIpc) is 2.69. The van der Waals surface area contributed by atoms with Gasteiger partial charge in [0.15, 0.2) is 0 Å². The van der Waals surface area contributed by atoms with Crippen molar-refractivity contribution in [1.29, 1.82) is 0 Å². The minimum Gasteiger partial charge on any atom is -0.480 e. The number of carboxylic acid groups (broad SMARTS) is 1. The molecule has 0 heterocycles. The number of primary amides is 1. The molecule has 3 amide bonds. The second-order valence-corrected chi connectivity index (χ2v) is 7.07. The Bertz CT molecular complexity index is 710. The van der Waals surface area contributed by atoms with Crippen molar-refractivity contribution in [3.05, 3.63) is 35.9 Å². The summed E-state index contributed by atoms with van der Waals surface area (Å²) in [5, 5.41) is 14.5. The zero-order valence-corrected chi connectivity index (χ0v) is 16.8. The van der Waals surface area contributed by atoms with Gasteiger partial charge in [-0.2, -0.15) is 0 Å². The Morgan fingerprint density at radius 1 is 1.07 bits per heavy atom. The van der Waals surface area contributed by atoms with Crippen molar-refractivity contribution >= 4 is 23.7 Å². The molecular formula is C20H30N4O5. The first-order valence-corrected chi connectivity index (χ1v) is 9.57. The number of rotatable bonds is 12. The van der Waals surface area contributed by atoms with Crippen LogP contribution in [-0.2, 0) is 25.6 Å². The van der Waals surface area contributed by atoms with E-state index in [1.54, 1.807) is 31.2 Å². The summed E-state index contributed by atoms with van der Waals surface area (Å²) >= 11 is 0. The number of carbonyl (C=O) groups excluding carboxylic acids is 3. The molecule has 0 aliphatic heterocycles. The molecule has 0 saturated carbocycles. The Balaban J connectivity index is 2.94. The van der Waals surface area contributed by atoms with Gasteiger partial charge < -0.3 is 27.2 Å². The molecule has 0 bridgehead atoms. The van der Waals surface area contributed by atoms with Gasteiger partial charge in [-0.3, -0.25) is 14.4 Å². The van der Waals surface area contributed by atoms with Crippen molar-refractivity contribution in [2.45, 2.75) is 57.7 Å². The predicted molar refractivity (Wildman–Crippen MR) is 108 cm³/mol. The monoisotopic (exact) mass is 406 g/mol. The number of carboxylic acids is 1. The lowest BCUT2D eigenvalue weighted by molar-refractivity contribution is -0.143. The third-order valence-corrected chi connectivity index (χ3v) is 4.73. The summed E-state index contributed by atoms with van der Waals surface area (Å²) in [6.07, 6.45) is 0.712. The van der Waals surface area contributed by atoms with Gasteiger partial charge in [-0.05, 0) is 17.9 Å². The van der Waals surface area contributed by atoms with Gasteiger partial charge in [-0.1, -0.05) is 50.6 Å². The molecule has 1 aromatic carbocycles. The fourth-order valence-electron chi connectivity index (χ4n) is 2.70. The fraction of sp³-hybridized carbons (Fsp3) is 0.500. The maximum absolute atomic E-state index is 12.8. The van der Waals surface area contributed by atoms with E-state index in [4.69, 9.17) is 11.5 Å². The Morgan fingerprint density at radius 3 is 2.21 bits per heavy atom. The highest BCUT2D eigenvalue weighted by molar-refractivity contribution is 5.92. The minimum atomic E-state index is -1.14. The highest BCUT2D eigenvalue weighted by Gasteiger charge is 2.30. The SMILES string of the molecule is CC[C@H](C)[C@H](NC(=O)[C@H](Cc1ccccc1)NC(=O)[C@@H](N)CCC(N)=O)C(=O)O. The van der Waals surface area contributed by atoms with Crippen LogP contribution in [0.1, 0.15) is 38.7 Å². The Labute approximate surface area is 170 Å². The number of carbonyl (C=O) groups is 4. The fourth-order valence-corrected chi connectivity index (χ4v) is 2.70. The van der Waals surface area contributed by atoms with Gasteiger partial charge >= 0.3 is 5.97 Å². The maximum Gasteiger partial charge on any atom is 0.326 e. The lowest BCUT2D eigenvalue weighted by atomic mass is 9.98. The third kappa shape index (κ3) is 8.30. The summed E-state index contributed by atoms with van der Waals surface area (Å²) in [4.78, 5) is 47.6. The van der Waals surface area contributed by atoms with E-state index < -0.39 is 41.8 Å². The van der Waals surface area contributed by atoms with Gasteiger partial charge in [0.25, 0.3) is 0 Å². The molecule has 0 saturated heterocycles. The van der Waals surface area contributed by atoms with Crippen LogP contribution in [0.5, 0.6) is 0 Å². The normalized spacial score (nSPS) is 14.9. The zero-order valence-electron chi connectivity index (χ0n) is 16.8. The number of hydrogen-bond acceptors (Lipinski definition) is 5. The van der Waals surface area contributed by atoms with E-state index in [0.717, 1.165) is 5.56 Å². The van der Waals surface area contributed by atoms with E-state index in [1.165, 1.54) is 0 Å². The Kier molecular flexibility index (Phi) is 9.81. The van der Waals surface area contributed by atoms with Gasteiger partial charge in [0.05, 0.1) is 6.04 Å². The third-order valence-electron chi connectivity index (χ3n) is 4.73. The summed E-state index contributed by atoms with van der Waals surface area (Å²) < 4.78 is 0. The van der Waals surface area contributed by atoms with Gasteiger partial charge in [0.2, 0.25) is 17.7 Å². The summed E-state index contributed by atoms with van der Waals surface area (Å²) in [7, 11) is 0. The summed E-state index contributed by atoms with van der Waals surface area (Å²) in [5.74, 6) is -3.24. The molecule has 0 aliphatic carbocycles. The van der Waals surface area contributed by atoms with E-state index in [1.807, 2.05) is 13.0 Å². The van der Waals surface area contributed by atoms with E-state index in [0.29, 0.717) is 6.42 Å². The molecule has 4 atom stereocenters. The minimum absolute atomic E-state index is 0.0471. The number of hydrogen-bond donors (Lipinski definition) is 5. The molecule has 9 heteroatoms. The summed E-state index contributed by atoms with van der Waals surface area (Å²) in [5.41, 5.74) is 11.6. The highest BCUT2D eigenvalue weighted by Crippen LogP contribution is 2.10. The van der Waals surface area contributed by atoms with Gasteiger partial charge in [0, 0.05) is 12.8 Å². The molecule has 0 fully saturated rings. The molecule has 9 nitrogen and oxygen atoms in total. The van der Waals surface area contributed by atoms with Gasteiger partial charge in [-0.15, -0.1) is 0 Å². The molecule has 7 N–H and O–H groups in total. The van der Waals surface area contributed by atoms with Crippen LogP contribution in [0, 0.1) is 5.92 Å². The van der Waals surface area contributed by atoms with Gasteiger partial charge in [0.1, 0.15) is 12.1 Å². The van der Waals surface area contributed by atoms with Crippen molar-refractivity contribution in [1.82, 2.24) is 10.6 Å². The predicted octanol–water partition coefficient (Wildman–Crippen LogP) is -0.0778. The molecule has 160 valence electrons. The first-order valence-electron chi connectivity index (χ1n) is 9.57. The lowest BCUT2D eigenvalue weighted by Gasteiger charge is -2.25. The molecule has 0 aromatic heterocycles. The molecule has 0 unspecified atom stereocenters. The zero-order chi connectivity index (χ0) is 22.0. The molecule has 0 aliphatic rings. The lowest BCUT2D eigenvalue weighted by Crippen LogP contribution is -2.56. The van der Waals surface area contributed by atoms with E-state index in [-0.39, 0.29) is 25.2 Å². The molecule has 0 spiro atoms. The van der Waals surface area contributed by atoms with Crippen LogP contribution in [0.4, 0.5) is 0 Å². The second-order valence-electron chi connectivity index (χ2n) is 7.07. The number of nitrogens with two attached hydrogens (primary N) is 2. The number of aliphatic carboxylic acids is 1. The Morgan fingerprint density at radius 2 is 1.69 bits per heavy atom. The van der Waals surface area contributed by atoms with Crippen molar-refractivity contribution in [2.24, 2.45) is 17.4 Å². The van der Waals surface area contributed by atoms with Crippen molar-refractivity contribution in [2.75, 3.05) is 0 Å². The van der Waals surface area contributed by atoms with E-state index >= 15 is 0 Å². The smallest absolute Gasteiger partial charge is 0.326 e. The van der Waals surface area contributed by atoms with Crippen LogP contribution in [0.15, 0.2) is 30.3 Å². The van der Waals surface area contributed by atoms with Crippen LogP contribution >= 0.6 is 0 Å². The standard InChI is InChI=1S/C20H30N4O5/c1-3-12(2)17(20(28)29)24-19(27)15(11-13-7-5-4-6-8-13)23-18(26)14(21)9-10-16(22)25/h4-8,12,14-15,17H,3,9-11,21H2,1-2H3,(H2,22,25)(H,23,26)(H,24,27)(H,28,29)/t12-,14-,15-,17-/m0/s1. The topological polar surface area (TPSA) is 165 Å². The van der Waals surface area contributed by atoms with Crippen LogP contribution in [0.25, 0.3) is 0 Å².